The summed E-state index contributed by atoms with van der Waals surface area (Å²) in [6, 6.07) is 0. The second kappa shape index (κ2) is 4.28. The molecule has 0 aromatic carbocycles. The lowest BCUT2D eigenvalue weighted by atomic mass is 9.87. The minimum absolute atomic E-state index is 0.0451. The van der Waals surface area contributed by atoms with E-state index in [1.54, 1.807) is 6.92 Å². The molecular formula is C10H13ClF2N2O. The van der Waals surface area contributed by atoms with E-state index in [4.69, 9.17) is 16.1 Å². The summed E-state index contributed by atoms with van der Waals surface area (Å²) in [6.07, 6.45) is 0.578. The summed E-state index contributed by atoms with van der Waals surface area (Å²) in [5.41, 5.74) is 0. The minimum atomic E-state index is -2.53. The van der Waals surface area contributed by atoms with Crippen LogP contribution in [0.3, 0.4) is 0 Å². The standard InChI is InChI=1S/C10H13ClF2N2O/c1-6(11)8-14-9(16-15-8)7-2-4-10(12,13)5-3-7/h6-7H,2-5H2,1H3. The Morgan fingerprint density at radius 1 is 1.44 bits per heavy atom. The van der Waals surface area contributed by atoms with Crippen LogP contribution < -0.4 is 0 Å². The predicted octanol–water partition coefficient (Wildman–Crippen LogP) is 3.66. The lowest BCUT2D eigenvalue weighted by Crippen LogP contribution is -2.23. The van der Waals surface area contributed by atoms with E-state index in [0.717, 1.165) is 0 Å². The SMILES string of the molecule is CC(Cl)c1noc(C2CCC(F)(F)CC2)n1. The molecule has 0 saturated heterocycles. The zero-order valence-corrected chi connectivity index (χ0v) is 9.68. The van der Waals surface area contributed by atoms with Gasteiger partial charge in [-0.25, -0.2) is 8.78 Å². The Labute approximate surface area is 97.2 Å². The Morgan fingerprint density at radius 3 is 2.56 bits per heavy atom. The molecule has 1 fully saturated rings. The summed E-state index contributed by atoms with van der Waals surface area (Å²) in [7, 11) is 0. The van der Waals surface area contributed by atoms with E-state index in [2.05, 4.69) is 10.1 Å². The third-order valence-electron chi connectivity index (χ3n) is 2.88. The van der Waals surface area contributed by atoms with Crippen LogP contribution in [0.1, 0.15) is 55.6 Å². The van der Waals surface area contributed by atoms with Crippen LogP contribution in [0.5, 0.6) is 0 Å². The first kappa shape index (κ1) is 11.8. The Morgan fingerprint density at radius 2 is 2.06 bits per heavy atom. The van der Waals surface area contributed by atoms with E-state index in [9.17, 15) is 8.78 Å². The Hall–Kier alpha value is -0.710. The fraction of sp³-hybridized carbons (Fsp3) is 0.800. The Kier molecular flexibility index (Phi) is 3.15. The predicted molar refractivity (Wildman–Crippen MR) is 54.7 cm³/mol. The van der Waals surface area contributed by atoms with E-state index in [-0.39, 0.29) is 24.1 Å². The van der Waals surface area contributed by atoms with Gasteiger partial charge in [-0.2, -0.15) is 4.98 Å². The second-order valence-electron chi connectivity index (χ2n) is 4.24. The molecule has 16 heavy (non-hydrogen) atoms. The van der Waals surface area contributed by atoms with Gasteiger partial charge in [-0.3, -0.25) is 0 Å². The first-order chi connectivity index (χ1) is 7.48. The molecule has 0 N–H and O–H groups in total. The summed E-state index contributed by atoms with van der Waals surface area (Å²) in [5.74, 6) is -1.71. The lowest BCUT2D eigenvalue weighted by molar-refractivity contribution is -0.0402. The van der Waals surface area contributed by atoms with Crippen LogP contribution in [0, 0.1) is 0 Å². The van der Waals surface area contributed by atoms with Gasteiger partial charge in [-0.05, 0) is 19.8 Å². The van der Waals surface area contributed by atoms with Crippen molar-refractivity contribution >= 4 is 11.6 Å². The highest BCUT2D eigenvalue weighted by Crippen LogP contribution is 2.40. The van der Waals surface area contributed by atoms with Crippen molar-refractivity contribution < 1.29 is 13.3 Å². The van der Waals surface area contributed by atoms with Crippen LogP contribution >= 0.6 is 11.6 Å². The van der Waals surface area contributed by atoms with Crippen LogP contribution in [0.2, 0.25) is 0 Å². The highest BCUT2D eigenvalue weighted by Gasteiger charge is 2.37. The summed E-state index contributed by atoms with van der Waals surface area (Å²) in [6.45, 7) is 1.74. The van der Waals surface area contributed by atoms with Crippen molar-refractivity contribution in [3.8, 4) is 0 Å². The highest BCUT2D eigenvalue weighted by molar-refractivity contribution is 6.20. The third kappa shape index (κ3) is 2.51. The molecule has 1 aromatic heterocycles. The number of hydrogen-bond acceptors (Lipinski definition) is 3. The van der Waals surface area contributed by atoms with Gasteiger partial charge in [0.2, 0.25) is 11.8 Å². The number of alkyl halides is 3. The summed E-state index contributed by atoms with van der Waals surface area (Å²) in [4.78, 5) is 4.13. The molecule has 3 nitrogen and oxygen atoms in total. The smallest absolute Gasteiger partial charge is 0.248 e. The zero-order valence-electron chi connectivity index (χ0n) is 8.92. The van der Waals surface area contributed by atoms with Gasteiger partial charge in [0.1, 0.15) is 0 Å². The fourth-order valence-corrected chi connectivity index (χ4v) is 1.95. The molecule has 0 bridgehead atoms. The van der Waals surface area contributed by atoms with E-state index >= 15 is 0 Å². The summed E-state index contributed by atoms with van der Waals surface area (Å²) in [5, 5.41) is 3.40. The summed E-state index contributed by atoms with van der Waals surface area (Å²) < 4.78 is 30.9. The van der Waals surface area contributed by atoms with Gasteiger partial charge in [0.05, 0.1) is 5.38 Å². The van der Waals surface area contributed by atoms with Gasteiger partial charge in [0, 0.05) is 18.8 Å². The molecule has 0 amide bonds. The molecular weight excluding hydrogens is 238 g/mol. The van der Waals surface area contributed by atoms with E-state index in [1.807, 2.05) is 0 Å². The number of rotatable bonds is 2. The number of hydrogen-bond donors (Lipinski definition) is 0. The molecule has 0 radical (unpaired) electrons. The van der Waals surface area contributed by atoms with E-state index < -0.39 is 5.92 Å². The van der Waals surface area contributed by atoms with E-state index in [0.29, 0.717) is 24.6 Å². The molecule has 90 valence electrons. The van der Waals surface area contributed by atoms with Crippen LogP contribution in [-0.2, 0) is 0 Å². The van der Waals surface area contributed by atoms with Crippen LogP contribution in [-0.4, -0.2) is 16.1 Å². The molecule has 1 aliphatic carbocycles. The van der Waals surface area contributed by atoms with Crippen molar-refractivity contribution in [3.05, 3.63) is 11.7 Å². The number of nitrogens with zero attached hydrogens (tertiary/aromatic N) is 2. The molecule has 1 unspecified atom stereocenters. The van der Waals surface area contributed by atoms with Gasteiger partial charge < -0.3 is 4.52 Å². The number of halogens is 3. The van der Waals surface area contributed by atoms with Crippen molar-refractivity contribution in [2.24, 2.45) is 0 Å². The van der Waals surface area contributed by atoms with Gasteiger partial charge in [-0.15, -0.1) is 11.6 Å². The average Bonchev–Trinajstić information content (AvgIpc) is 2.66. The first-order valence-corrected chi connectivity index (χ1v) is 5.77. The molecule has 0 spiro atoms. The van der Waals surface area contributed by atoms with E-state index in [1.165, 1.54) is 0 Å². The van der Waals surface area contributed by atoms with Gasteiger partial charge >= 0.3 is 0 Å². The van der Waals surface area contributed by atoms with Crippen molar-refractivity contribution in [2.75, 3.05) is 0 Å². The molecule has 0 aliphatic heterocycles. The van der Waals surface area contributed by atoms with Gasteiger partial charge in [0.25, 0.3) is 0 Å². The molecule has 1 atom stereocenters. The monoisotopic (exact) mass is 250 g/mol. The maximum absolute atomic E-state index is 12.9. The highest BCUT2D eigenvalue weighted by atomic mass is 35.5. The number of aromatic nitrogens is 2. The Bertz CT molecular complexity index is 357. The topological polar surface area (TPSA) is 38.9 Å². The van der Waals surface area contributed by atoms with Crippen LogP contribution in [0.25, 0.3) is 0 Å². The molecule has 2 rings (SSSR count). The fourth-order valence-electron chi connectivity index (χ4n) is 1.86. The third-order valence-corrected chi connectivity index (χ3v) is 3.07. The van der Waals surface area contributed by atoms with Crippen molar-refractivity contribution in [3.63, 3.8) is 0 Å². The quantitative estimate of drug-likeness (QED) is 0.752. The zero-order chi connectivity index (χ0) is 11.8. The van der Waals surface area contributed by atoms with Crippen molar-refractivity contribution in [1.82, 2.24) is 10.1 Å². The molecule has 1 aliphatic rings. The average molecular weight is 251 g/mol. The molecule has 1 aromatic rings. The van der Waals surface area contributed by atoms with Crippen molar-refractivity contribution in [2.45, 2.75) is 49.8 Å². The van der Waals surface area contributed by atoms with Gasteiger partial charge in [-0.1, -0.05) is 5.16 Å². The van der Waals surface area contributed by atoms with Crippen LogP contribution in [0.4, 0.5) is 8.78 Å². The lowest BCUT2D eigenvalue weighted by Gasteiger charge is -2.25. The maximum Gasteiger partial charge on any atom is 0.248 e. The minimum Gasteiger partial charge on any atom is -0.339 e. The summed E-state index contributed by atoms with van der Waals surface area (Å²) >= 11 is 5.80. The first-order valence-electron chi connectivity index (χ1n) is 5.33. The second-order valence-corrected chi connectivity index (χ2v) is 4.89. The molecule has 1 heterocycles. The Balaban J connectivity index is 2.03. The molecule has 1 saturated carbocycles. The largest absolute Gasteiger partial charge is 0.339 e. The maximum atomic E-state index is 12.9. The molecule has 6 heteroatoms. The van der Waals surface area contributed by atoms with Crippen molar-refractivity contribution in [1.29, 1.82) is 0 Å². The normalized spacial score (nSPS) is 23.2. The van der Waals surface area contributed by atoms with Crippen LogP contribution in [0.15, 0.2) is 4.52 Å². The van der Waals surface area contributed by atoms with Gasteiger partial charge in [0.15, 0.2) is 5.82 Å².